The van der Waals surface area contributed by atoms with E-state index in [1.54, 1.807) is 18.7 Å². The van der Waals surface area contributed by atoms with E-state index < -0.39 is 16.0 Å². The molecule has 0 fully saturated rings. The third-order valence-corrected chi connectivity index (χ3v) is 6.07. The minimum atomic E-state index is -3.72. The number of thioether (sulfide) groups is 1. The summed E-state index contributed by atoms with van der Waals surface area (Å²) in [7, 11) is -3.72. The second-order valence-electron chi connectivity index (χ2n) is 4.15. The normalized spacial score (nSPS) is 11.6. The van der Waals surface area contributed by atoms with E-state index in [4.69, 9.17) is 5.11 Å². The Balaban J connectivity index is 3.07. The largest absolute Gasteiger partial charge is 0.478 e. The number of aromatic carboxylic acids is 1. The van der Waals surface area contributed by atoms with E-state index in [0.717, 1.165) is 18.2 Å². The zero-order valence-electron chi connectivity index (χ0n) is 11.1. The molecular weight excluding hydrogens is 366 g/mol. The molecule has 0 heterocycles. The summed E-state index contributed by atoms with van der Waals surface area (Å²) in [4.78, 5) is 11.0. The van der Waals surface area contributed by atoms with Crippen LogP contribution < -0.4 is 4.72 Å². The standard InChI is InChI=1S/C12H16BrNO4S2/c1-8-6-9(12(15)16)7-10(11(8)13)20(17,18)14-4-3-5-19-2/h6-7,14H,3-5H2,1-2H3,(H,15,16). The number of carboxylic acids is 1. The summed E-state index contributed by atoms with van der Waals surface area (Å²) in [5.74, 6) is -0.294. The van der Waals surface area contributed by atoms with Crippen molar-refractivity contribution in [3.63, 3.8) is 0 Å². The summed E-state index contributed by atoms with van der Waals surface area (Å²) in [6.07, 6.45) is 2.67. The predicted octanol–water partition coefficient (Wildman–Crippen LogP) is 2.49. The van der Waals surface area contributed by atoms with Gasteiger partial charge < -0.3 is 5.11 Å². The quantitative estimate of drug-likeness (QED) is 0.708. The van der Waals surface area contributed by atoms with Gasteiger partial charge in [0.1, 0.15) is 0 Å². The summed E-state index contributed by atoms with van der Waals surface area (Å²) < 4.78 is 27.3. The molecule has 8 heteroatoms. The van der Waals surface area contributed by atoms with Crippen LogP contribution in [0.2, 0.25) is 0 Å². The van der Waals surface area contributed by atoms with Crippen LogP contribution in [-0.2, 0) is 10.0 Å². The Hall–Kier alpha value is -0.570. The second kappa shape index (κ2) is 7.44. The molecule has 0 aromatic heterocycles. The summed E-state index contributed by atoms with van der Waals surface area (Å²) in [5.41, 5.74) is 0.518. The maximum absolute atomic E-state index is 12.2. The molecule has 0 aliphatic heterocycles. The molecule has 5 nitrogen and oxygen atoms in total. The monoisotopic (exact) mass is 381 g/mol. The lowest BCUT2D eigenvalue weighted by atomic mass is 10.1. The highest BCUT2D eigenvalue weighted by atomic mass is 79.9. The highest BCUT2D eigenvalue weighted by Crippen LogP contribution is 2.27. The van der Waals surface area contributed by atoms with Crippen LogP contribution in [0.3, 0.4) is 0 Å². The first-order valence-electron chi connectivity index (χ1n) is 5.81. The summed E-state index contributed by atoms with van der Waals surface area (Å²) in [6, 6.07) is 2.59. The van der Waals surface area contributed by atoms with Crippen LogP contribution in [0.4, 0.5) is 0 Å². The summed E-state index contributed by atoms with van der Waals surface area (Å²) >= 11 is 4.84. The van der Waals surface area contributed by atoms with Crippen LogP contribution in [0.5, 0.6) is 0 Å². The minimum Gasteiger partial charge on any atom is -0.478 e. The van der Waals surface area contributed by atoms with Crippen LogP contribution in [-0.4, -0.2) is 38.0 Å². The molecule has 0 radical (unpaired) electrons. The molecular formula is C12H16BrNO4S2. The zero-order chi connectivity index (χ0) is 15.3. The van der Waals surface area contributed by atoms with Gasteiger partial charge in [0.25, 0.3) is 0 Å². The number of carboxylic acid groups (broad SMARTS) is 1. The molecule has 1 aromatic rings. The molecule has 0 unspecified atom stereocenters. The van der Waals surface area contributed by atoms with Crippen LogP contribution in [0.15, 0.2) is 21.5 Å². The Morgan fingerprint density at radius 1 is 1.45 bits per heavy atom. The van der Waals surface area contributed by atoms with Crippen molar-refractivity contribution < 1.29 is 18.3 Å². The number of sulfonamides is 1. The number of aryl methyl sites for hydroxylation is 1. The van der Waals surface area contributed by atoms with E-state index in [1.807, 2.05) is 6.26 Å². The van der Waals surface area contributed by atoms with E-state index >= 15 is 0 Å². The Kier molecular flexibility index (Phi) is 6.50. The van der Waals surface area contributed by atoms with Crippen molar-refractivity contribution in [2.24, 2.45) is 0 Å². The molecule has 0 atom stereocenters. The third kappa shape index (κ3) is 4.47. The Labute approximate surface area is 131 Å². The van der Waals surface area contributed by atoms with Gasteiger partial charge in [-0.3, -0.25) is 0 Å². The molecule has 1 aromatic carbocycles. The van der Waals surface area contributed by atoms with Crippen molar-refractivity contribution in [3.05, 3.63) is 27.7 Å². The lowest BCUT2D eigenvalue weighted by Crippen LogP contribution is -2.26. The fourth-order valence-corrected chi connectivity index (χ4v) is 4.11. The Morgan fingerprint density at radius 2 is 2.10 bits per heavy atom. The highest BCUT2D eigenvalue weighted by Gasteiger charge is 2.21. The number of carbonyl (C=O) groups is 1. The SMILES string of the molecule is CSCCCNS(=O)(=O)c1cc(C(=O)O)cc(C)c1Br. The molecule has 0 aliphatic rings. The second-order valence-corrected chi connectivity index (χ2v) is 7.67. The van der Waals surface area contributed by atoms with Gasteiger partial charge in [-0.05, 0) is 59.0 Å². The van der Waals surface area contributed by atoms with Gasteiger partial charge in [0.2, 0.25) is 10.0 Å². The van der Waals surface area contributed by atoms with E-state index in [0.29, 0.717) is 16.6 Å². The fraction of sp³-hybridized carbons (Fsp3) is 0.417. The molecule has 0 bridgehead atoms. The van der Waals surface area contributed by atoms with Gasteiger partial charge in [-0.25, -0.2) is 17.9 Å². The van der Waals surface area contributed by atoms with Crippen LogP contribution in [0.25, 0.3) is 0 Å². The number of rotatable bonds is 7. The molecule has 112 valence electrons. The molecule has 0 spiro atoms. The maximum Gasteiger partial charge on any atom is 0.335 e. The van der Waals surface area contributed by atoms with Crippen molar-refractivity contribution in [1.82, 2.24) is 4.72 Å². The van der Waals surface area contributed by atoms with E-state index in [9.17, 15) is 13.2 Å². The summed E-state index contributed by atoms with van der Waals surface area (Å²) in [6.45, 7) is 1.98. The lowest BCUT2D eigenvalue weighted by Gasteiger charge is -2.11. The Morgan fingerprint density at radius 3 is 2.65 bits per heavy atom. The lowest BCUT2D eigenvalue weighted by molar-refractivity contribution is 0.0696. The number of hydrogen-bond acceptors (Lipinski definition) is 4. The zero-order valence-corrected chi connectivity index (χ0v) is 14.4. The van der Waals surface area contributed by atoms with Gasteiger partial charge in [-0.1, -0.05) is 0 Å². The smallest absolute Gasteiger partial charge is 0.335 e. The molecule has 2 N–H and O–H groups in total. The van der Waals surface area contributed by atoms with E-state index in [2.05, 4.69) is 20.7 Å². The van der Waals surface area contributed by atoms with Crippen molar-refractivity contribution in [1.29, 1.82) is 0 Å². The molecule has 0 saturated heterocycles. The topological polar surface area (TPSA) is 83.5 Å². The van der Waals surface area contributed by atoms with Gasteiger partial charge in [0.15, 0.2) is 0 Å². The molecule has 20 heavy (non-hydrogen) atoms. The van der Waals surface area contributed by atoms with Gasteiger partial charge in [0, 0.05) is 11.0 Å². The van der Waals surface area contributed by atoms with Gasteiger partial charge in [-0.2, -0.15) is 11.8 Å². The van der Waals surface area contributed by atoms with Gasteiger partial charge in [-0.15, -0.1) is 0 Å². The average molecular weight is 382 g/mol. The first-order chi connectivity index (χ1) is 9.29. The predicted molar refractivity (Wildman–Crippen MR) is 84.0 cm³/mol. The first kappa shape index (κ1) is 17.5. The van der Waals surface area contributed by atoms with Crippen LogP contribution in [0.1, 0.15) is 22.3 Å². The number of nitrogens with one attached hydrogen (secondary N) is 1. The van der Waals surface area contributed by atoms with Crippen LogP contribution >= 0.6 is 27.7 Å². The van der Waals surface area contributed by atoms with E-state index in [1.165, 1.54) is 6.07 Å². The van der Waals surface area contributed by atoms with Gasteiger partial charge >= 0.3 is 5.97 Å². The molecule has 0 amide bonds. The minimum absolute atomic E-state index is 0.0425. The van der Waals surface area contributed by atoms with E-state index in [-0.39, 0.29) is 10.5 Å². The first-order valence-corrected chi connectivity index (χ1v) is 9.48. The number of benzene rings is 1. The third-order valence-electron chi connectivity index (χ3n) is 2.57. The van der Waals surface area contributed by atoms with Crippen molar-refractivity contribution in [2.75, 3.05) is 18.6 Å². The van der Waals surface area contributed by atoms with Crippen molar-refractivity contribution in [2.45, 2.75) is 18.2 Å². The molecule has 0 saturated carbocycles. The highest BCUT2D eigenvalue weighted by molar-refractivity contribution is 9.10. The van der Waals surface area contributed by atoms with Crippen molar-refractivity contribution in [3.8, 4) is 0 Å². The summed E-state index contributed by atoms with van der Waals surface area (Å²) in [5, 5.41) is 9.00. The van der Waals surface area contributed by atoms with Crippen LogP contribution in [0, 0.1) is 6.92 Å². The fourth-order valence-electron chi connectivity index (χ4n) is 1.56. The Bertz CT molecular complexity index is 602. The van der Waals surface area contributed by atoms with Gasteiger partial charge in [0.05, 0.1) is 10.5 Å². The molecule has 1 rings (SSSR count). The number of hydrogen-bond donors (Lipinski definition) is 2. The van der Waals surface area contributed by atoms with Crippen molar-refractivity contribution >= 4 is 43.7 Å². The maximum atomic E-state index is 12.2. The molecule has 0 aliphatic carbocycles. The average Bonchev–Trinajstić information content (AvgIpc) is 2.37. The number of halogens is 1.